The second-order valence-electron chi connectivity index (χ2n) is 8.28. The third-order valence-corrected chi connectivity index (χ3v) is 6.35. The molecule has 0 bridgehead atoms. The summed E-state index contributed by atoms with van der Waals surface area (Å²) in [5.41, 5.74) is 1.48. The lowest BCUT2D eigenvalue weighted by Gasteiger charge is -2.29. The molecule has 0 amide bonds. The highest BCUT2D eigenvalue weighted by molar-refractivity contribution is 9.10. The fourth-order valence-corrected chi connectivity index (χ4v) is 4.33. The lowest BCUT2D eigenvalue weighted by Crippen LogP contribution is -2.32. The van der Waals surface area contributed by atoms with Gasteiger partial charge in [0.25, 0.3) is 5.76 Å². The minimum Gasteiger partial charge on any atom is -0.478 e. The fourth-order valence-electron chi connectivity index (χ4n) is 3.96. The number of halogens is 4. The van der Waals surface area contributed by atoms with Crippen LogP contribution in [-0.2, 0) is 19.3 Å². The topological polar surface area (TPSA) is 51.9 Å². The Hall–Kier alpha value is -3.30. The standard InChI is InChI=1S/C26H19BrF3NO4/c1-15-6-8-16(9-7-15)12-31-13-18-20(33-14-31)11-10-17-22(32)24(25(26(28,29)30)35-23(17)18)34-21-5-3-2-4-19(21)27/h2-11H,12-14H2,1H3. The van der Waals surface area contributed by atoms with Gasteiger partial charge in [0.1, 0.15) is 23.8 Å². The maximum Gasteiger partial charge on any atom is 0.453 e. The first-order chi connectivity index (χ1) is 16.7. The molecule has 0 saturated carbocycles. The van der Waals surface area contributed by atoms with Crippen molar-refractivity contribution >= 4 is 26.9 Å². The number of para-hydroxylation sites is 1. The van der Waals surface area contributed by atoms with Crippen molar-refractivity contribution < 1.29 is 27.1 Å². The molecule has 1 aliphatic heterocycles. The molecule has 5 rings (SSSR count). The van der Waals surface area contributed by atoms with Crippen LogP contribution in [-0.4, -0.2) is 11.6 Å². The van der Waals surface area contributed by atoms with E-state index in [0.717, 1.165) is 11.1 Å². The third kappa shape index (κ3) is 4.66. The van der Waals surface area contributed by atoms with Gasteiger partial charge in [-0.25, -0.2) is 0 Å². The number of rotatable bonds is 4. The first kappa shape index (κ1) is 23.4. The van der Waals surface area contributed by atoms with Crippen molar-refractivity contribution in [1.82, 2.24) is 4.90 Å². The summed E-state index contributed by atoms with van der Waals surface area (Å²) in [5, 5.41) is -0.0143. The summed E-state index contributed by atoms with van der Waals surface area (Å²) in [6.45, 7) is 3.03. The van der Waals surface area contributed by atoms with E-state index < -0.39 is 23.1 Å². The van der Waals surface area contributed by atoms with Crippen LogP contribution in [0.4, 0.5) is 13.2 Å². The van der Waals surface area contributed by atoms with Crippen LogP contribution in [0.2, 0.25) is 0 Å². The SMILES string of the molecule is Cc1ccc(CN2COc3ccc4c(=O)c(Oc5ccccc5Br)c(C(F)(F)F)oc4c3C2)cc1. The zero-order valence-electron chi connectivity index (χ0n) is 18.5. The molecule has 2 heterocycles. The second-order valence-corrected chi connectivity index (χ2v) is 9.14. The Kier molecular flexibility index (Phi) is 6.06. The van der Waals surface area contributed by atoms with E-state index in [4.69, 9.17) is 13.9 Å². The van der Waals surface area contributed by atoms with Crippen LogP contribution >= 0.6 is 15.9 Å². The van der Waals surface area contributed by atoms with Crippen molar-refractivity contribution in [2.24, 2.45) is 0 Å². The van der Waals surface area contributed by atoms with Gasteiger partial charge in [-0.2, -0.15) is 13.2 Å². The quantitative estimate of drug-likeness (QED) is 0.275. The molecule has 4 aromatic rings. The van der Waals surface area contributed by atoms with Crippen LogP contribution in [0.3, 0.4) is 0 Å². The predicted octanol–water partition coefficient (Wildman–Crippen LogP) is 7.03. The van der Waals surface area contributed by atoms with E-state index in [-0.39, 0.29) is 30.0 Å². The monoisotopic (exact) mass is 545 g/mol. The van der Waals surface area contributed by atoms with Gasteiger partial charge in [-0.3, -0.25) is 9.69 Å². The van der Waals surface area contributed by atoms with Crippen LogP contribution in [0.25, 0.3) is 11.0 Å². The van der Waals surface area contributed by atoms with Gasteiger partial charge >= 0.3 is 6.18 Å². The van der Waals surface area contributed by atoms with Gasteiger partial charge in [-0.15, -0.1) is 0 Å². The number of hydrogen-bond donors (Lipinski definition) is 0. The lowest BCUT2D eigenvalue weighted by atomic mass is 10.1. The molecule has 1 aromatic heterocycles. The highest BCUT2D eigenvalue weighted by atomic mass is 79.9. The molecule has 0 aliphatic carbocycles. The van der Waals surface area contributed by atoms with Crippen molar-refractivity contribution in [2.75, 3.05) is 6.73 Å². The summed E-state index contributed by atoms with van der Waals surface area (Å²) in [4.78, 5) is 15.2. The number of benzene rings is 3. The summed E-state index contributed by atoms with van der Waals surface area (Å²) in [6.07, 6.45) is -4.95. The van der Waals surface area contributed by atoms with Gasteiger partial charge in [0.05, 0.1) is 15.4 Å². The van der Waals surface area contributed by atoms with Crippen molar-refractivity contribution in [3.8, 4) is 17.2 Å². The molecular weight excluding hydrogens is 527 g/mol. The minimum atomic E-state index is -4.95. The van der Waals surface area contributed by atoms with E-state index in [1.54, 1.807) is 24.3 Å². The molecule has 35 heavy (non-hydrogen) atoms. The summed E-state index contributed by atoms with van der Waals surface area (Å²) < 4.78 is 59.1. The Morgan fingerprint density at radius 3 is 2.51 bits per heavy atom. The molecule has 180 valence electrons. The molecule has 5 nitrogen and oxygen atoms in total. The molecule has 0 N–H and O–H groups in total. The zero-order valence-corrected chi connectivity index (χ0v) is 20.1. The molecule has 0 radical (unpaired) electrons. The van der Waals surface area contributed by atoms with E-state index in [9.17, 15) is 18.0 Å². The summed E-state index contributed by atoms with van der Waals surface area (Å²) in [5.74, 6) is -1.96. The number of fused-ring (bicyclic) bond motifs is 3. The van der Waals surface area contributed by atoms with Gasteiger partial charge in [0, 0.05) is 13.1 Å². The molecule has 0 spiro atoms. The van der Waals surface area contributed by atoms with Gasteiger partial charge in [-0.05, 0) is 52.7 Å². The fraction of sp³-hybridized carbons (Fsp3) is 0.192. The van der Waals surface area contributed by atoms with Crippen molar-refractivity contribution in [3.63, 3.8) is 0 Å². The smallest absolute Gasteiger partial charge is 0.453 e. The number of alkyl halides is 3. The zero-order chi connectivity index (χ0) is 24.7. The average Bonchev–Trinajstić information content (AvgIpc) is 2.82. The van der Waals surface area contributed by atoms with Gasteiger partial charge in [0.2, 0.25) is 11.2 Å². The Balaban J connectivity index is 1.59. The van der Waals surface area contributed by atoms with Crippen LogP contribution < -0.4 is 14.9 Å². The molecule has 9 heteroatoms. The van der Waals surface area contributed by atoms with Crippen LogP contribution in [0.5, 0.6) is 17.2 Å². The molecule has 0 fully saturated rings. The first-order valence-electron chi connectivity index (χ1n) is 10.7. The summed E-state index contributed by atoms with van der Waals surface area (Å²) in [7, 11) is 0. The average molecular weight is 546 g/mol. The molecule has 3 aromatic carbocycles. The van der Waals surface area contributed by atoms with Gasteiger partial charge in [-0.1, -0.05) is 42.0 Å². The Morgan fingerprint density at radius 1 is 1.06 bits per heavy atom. The summed E-state index contributed by atoms with van der Waals surface area (Å²) in [6, 6.07) is 17.3. The number of ether oxygens (including phenoxy) is 2. The van der Waals surface area contributed by atoms with E-state index >= 15 is 0 Å². The Labute approximate surface area is 206 Å². The van der Waals surface area contributed by atoms with Crippen LogP contribution in [0.15, 0.2) is 74.3 Å². The van der Waals surface area contributed by atoms with Crippen molar-refractivity contribution in [2.45, 2.75) is 26.2 Å². The largest absolute Gasteiger partial charge is 0.478 e. The van der Waals surface area contributed by atoms with Crippen molar-refractivity contribution in [1.29, 1.82) is 0 Å². The van der Waals surface area contributed by atoms with Gasteiger partial charge in [0.15, 0.2) is 0 Å². The Bertz CT molecular complexity index is 1460. The molecule has 0 atom stereocenters. The van der Waals surface area contributed by atoms with Crippen LogP contribution in [0.1, 0.15) is 22.5 Å². The molecule has 0 unspecified atom stereocenters. The van der Waals surface area contributed by atoms with Crippen molar-refractivity contribution in [3.05, 3.63) is 97.8 Å². The third-order valence-electron chi connectivity index (χ3n) is 5.70. The normalized spacial score (nSPS) is 14.0. The first-order valence-corrected chi connectivity index (χ1v) is 11.5. The number of aryl methyl sites for hydroxylation is 1. The van der Waals surface area contributed by atoms with E-state index in [0.29, 0.717) is 22.3 Å². The molecular formula is C26H19BrF3NO4. The highest BCUT2D eigenvalue weighted by Crippen LogP contribution is 2.41. The maximum atomic E-state index is 14.0. The second kappa shape index (κ2) is 9.05. The predicted molar refractivity (Wildman–Crippen MR) is 128 cm³/mol. The molecule has 1 aliphatic rings. The Morgan fingerprint density at radius 2 is 1.80 bits per heavy atom. The van der Waals surface area contributed by atoms with Gasteiger partial charge < -0.3 is 13.9 Å². The summed E-state index contributed by atoms with van der Waals surface area (Å²) >= 11 is 3.23. The van der Waals surface area contributed by atoms with E-state index in [1.807, 2.05) is 36.1 Å². The van der Waals surface area contributed by atoms with Crippen LogP contribution in [0, 0.1) is 6.92 Å². The molecule has 0 saturated heterocycles. The lowest BCUT2D eigenvalue weighted by molar-refractivity contribution is -0.154. The van der Waals surface area contributed by atoms with E-state index in [2.05, 4.69) is 15.9 Å². The number of nitrogens with zero attached hydrogens (tertiary/aromatic N) is 1. The van der Waals surface area contributed by atoms with E-state index in [1.165, 1.54) is 12.1 Å². The number of hydrogen-bond acceptors (Lipinski definition) is 5. The minimum absolute atomic E-state index is 0.0143. The highest BCUT2D eigenvalue weighted by Gasteiger charge is 2.41. The maximum absolute atomic E-state index is 14.0.